The van der Waals surface area contributed by atoms with Gasteiger partial charge >= 0.3 is 0 Å². The molecule has 6 nitrogen and oxygen atoms in total. The second-order valence-corrected chi connectivity index (χ2v) is 6.38. The van der Waals surface area contributed by atoms with Gasteiger partial charge in [-0.2, -0.15) is 0 Å². The minimum absolute atomic E-state index is 0.00607. The second-order valence-electron chi connectivity index (χ2n) is 6.38. The van der Waals surface area contributed by atoms with Crippen molar-refractivity contribution in [1.82, 2.24) is 10.3 Å². The maximum atomic E-state index is 12.5. The van der Waals surface area contributed by atoms with E-state index in [0.717, 1.165) is 17.7 Å². The van der Waals surface area contributed by atoms with Crippen LogP contribution in [0.25, 0.3) is 0 Å². The number of benzene rings is 1. The van der Waals surface area contributed by atoms with Crippen molar-refractivity contribution in [2.45, 2.75) is 46.2 Å². The second kappa shape index (κ2) is 9.56. The Hall–Kier alpha value is -2.89. The monoisotopic (exact) mass is 354 g/mol. The molecule has 138 valence electrons. The fraction of sp³-hybridized carbons (Fsp3) is 0.350. The lowest BCUT2D eigenvalue weighted by molar-refractivity contribution is -0.116. The summed E-state index contributed by atoms with van der Waals surface area (Å²) in [4.78, 5) is 28.5. The molecule has 0 aliphatic carbocycles. The van der Waals surface area contributed by atoms with E-state index >= 15 is 0 Å². The molecule has 0 saturated carbocycles. The van der Waals surface area contributed by atoms with Crippen molar-refractivity contribution in [2.75, 3.05) is 10.6 Å². The Bertz CT molecular complexity index is 759. The summed E-state index contributed by atoms with van der Waals surface area (Å²) in [5.41, 5.74) is 2.15. The number of anilines is 2. The molecule has 26 heavy (non-hydrogen) atoms. The minimum Gasteiger partial charge on any atom is -0.367 e. The van der Waals surface area contributed by atoms with Gasteiger partial charge in [0, 0.05) is 30.9 Å². The van der Waals surface area contributed by atoms with Crippen LogP contribution in [0.2, 0.25) is 0 Å². The normalized spacial score (nSPS) is 10.5. The quantitative estimate of drug-likeness (QED) is 0.677. The van der Waals surface area contributed by atoms with Crippen molar-refractivity contribution in [1.29, 1.82) is 0 Å². The van der Waals surface area contributed by atoms with E-state index in [4.69, 9.17) is 0 Å². The largest absolute Gasteiger partial charge is 0.367 e. The summed E-state index contributed by atoms with van der Waals surface area (Å²) < 4.78 is 0. The van der Waals surface area contributed by atoms with Crippen LogP contribution >= 0.6 is 0 Å². The van der Waals surface area contributed by atoms with Gasteiger partial charge in [0.1, 0.15) is 5.82 Å². The Morgan fingerprint density at radius 1 is 1.15 bits per heavy atom. The maximum Gasteiger partial charge on any atom is 0.255 e. The number of aromatic nitrogens is 1. The lowest BCUT2D eigenvalue weighted by Crippen LogP contribution is -2.25. The number of carbonyl (C=O) groups is 2. The van der Waals surface area contributed by atoms with E-state index in [1.807, 2.05) is 45.0 Å². The van der Waals surface area contributed by atoms with Crippen LogP contribution in [0.1, 0.15) is 49.5 Å². The predicted octanol–water partition coefficient (Wildman–Crippen LogP) is 3.57. The summed E-state index contributed by atoms with van der Waals surface area (Å²) >= 11 is 0. The lowest BCUT2D eigenvalue weighted by atomic mass is 10.1. The van der Waals surface area contributed by atoms with Crippen LogP contribution in [-0.2, 0) is 11.3 Å². The molecule has 1 heterocycles. The highest BCUT2D eigenvalue weighted by atomic mass is 16.2. The first-order chi connectivity index (χ1) is 12.5. The van der Waals surface area contributed by atoms with Gasteiger partial charge in [0.05, 0.1) is 5.56 Å². The molecule has 3 N–H and O–H groups in total. The van der Waals surface area contributed by atoms with E-state index < -0.39 is 0 Å². The number of amides is 2. The van der Waals surface area contributed by atoms with Crippen LogP contribution in [0.5, 0.6) is 0 Å². The summed E-state index contributed by atoms with van der Waals surface area (Å²) in [6.07, 6.45) is 2.96. The summed E-state index contributed by atoms with van der Waals surface area (Å²) in [5.74, 6) is 0.371. The van der Waals surface area contributed by atoms with E-state index in [-0.39, 0.29) is 17.9 Å². The van der Waals surface area contributed by atoms with Gasteiger partial charge in [-0.3, -0.25) is 9.59 Å². The van der Waals surface area contributed by atoms with Crippen LogP contribution in [0, 0.1) is 0 Å². The first-order valence-electron chi connectivity index (χ1n) is 8.88. The molecule has 0 atom stereocenters. The Kier molecular flexibility index (Phi) is 7.14. The third-order valence-electron chi connectivity index (χ3n) is 3.62. The molecule has 6 heteroatoms. The zero-order chi connectivity index (χ0) is 18.9. The van der Waals surface area contributed by atoms with Crippen molar-refractivity contribution in [2.24, 2.45) is 0 Å². The van der Waals surface area contributed by atoms with E-state index in [1.54, 1.807) is 18.3 Å². The number of nitrogens with zero attached hydrogens (tertiary/aromatic N) is 1. The van der Waals surface area contributed by atoms with Crippen LogP contribution in [0.15, 0.2) is 42.6 Å². The van der Waals surface area contributed by atoms with Gasteiger partial charge < -0.3 is 16.0 Å². The first kappa shape index (κ1) is 19.4. The minimum atomic E-state index is -0.193. The SMILES string of the molecule is CCCC(=O)Nc1cccc(CNC(=O)c2cccnc2NC(C)C)c1. The van der Waals surface area contributed by atoms with Crippen molar-refractivity contribution >= 4 is 23.3 Å². The van der Waals surface area contributed by atoms with Crippen molar-refractivity contribution in [3.63, 3.8) is 0 Å². The smallest absolute Gasteiger partial charge is 0.255 e. The third-order valence-corrected chi connectivity index (χ3v) is 3.62. The van der Waals surface area contributed by atoms with Crippen molar-refractivity contribution < 1.29 is 9.59 Å². The maximum absolute atomic E-state index is 12.5. The molecule has 0 fully saturated rings. The fourth-order valence-corrected chi connectivity index (χ4v) is 2.46. The summed E-state index contributed by atoms with van der Waals surface area (Å²) in [6, 6.07) is 11.1. The first-order valence-corrected chi connectivity index (χ1v) is 8.88. The highest BCUT2D eigenvalue weighted by Gasteiger charge is 2.12. The summed E-state index contributed by atoms with van der Waals surface area (Å²) in [5, 5.41) is 8.94. The topological polar surface area (TPSA) is 83.1 Å². The van der Waals surface area contributed by atoms with Crippen LogP contribution in [0.3, 0.4) is 0 Å². The summed E-state index contributed by atoms with van der Waals surface area (Å²) in [6.45, 7) is 6.32. The van der Waals surface area contributed by atoms with E-state index in [2.05, 4.69) is 20.9 Å². The van der Waals surface area contributed by atoms with E-state index in [1.165, 1.54) is 0 Å². The van der Waals surface area contributed by atoms with Crippen LogP contribution < -0.4 is 16.0 Å². The molecule has 2 amide bonds. The van der Waals surface area contributed by atoms with Gasteiger partial charge in [0.25, 0.3) is 5.91 Å². The number of rotatable bonds is 8. The number of hydrogen-bond acceptors (Lipinski definition) is 4. The molecule has 2 rings (SSSR count). The van der Waals surface area contributed by atoms with Crippen molar-refractivity contribution in [3.05, 3.63) is 53.7 Å². The average molecular weight is 354 g/mol. The number of nitrogens with one attached hydrogen (secondary N) is 3. The number of hydrogen-bond donors (Lipinski definition) is 3. The Morgan fingerprint density at radius 3 is 2.69 bits per heavy atom. The number of pyridine rings is 1. The van der Waals surface area contributed by atoms with Crippen molar-refractivity contribution in [3.8, 4) is 0 Å². The molecule has 0 bridgehead atoms. The van der Waals surface area contributed by atoms with Crippen LogP contribution in [0.4, 0.5) is 11.5 Å². The molecular formula is C20H26N4O2. The van der Waals surface area contributed by atoms with Gasteiger partial charge in [-0.25, -0.2) is 4.98 Å². The van der Waals surface area contributed by atoms with Gasteiger partial charge in [-0.05, 0) is 50.1 Å². The third kappa shape index (κ3) is 5.88. The molecular weight excluding hydrogens is 328 g/mol. The number of carbonyl (C=O) groups excluding carboxylic acids is 2. The molecule has 0 radical (unpaired) electrons. The molecule has 1 aromatic heterocycles. The molecule has 0 aliphatic heterocycles. The molecule has 0 unspecified atom stereocenters. The van der Waals surface area contributed by atoms with Gasteiger partial charge in [-0.15, -0.1) is 0 Å². The molecule has 0 aliphatic rings. The predicted molar refractivity (Wildman–Crippen MR) is 104 cm³/mol. The zero-order valence-electron chi connectivity index (χ0n) is 15.5. The Morgan fingerprint density at radius 2 is 1.96 bits per heavy atom. The standard InChI is InChI=1S/C20H26N4O2/c1-4-7-18(25)24-16-9-5-8-15(12-16)13-22-20(26)17-10-6-11-21-19(17)23-14(2)3/h5-6,8-12,14H,4,7,13H2,1-3H3,(H,21,23)(H,22,26)(H,24,25). The molecule has 0 spiro atoms. The fourth-order valence-electron chi connectivity index (χ4n) is 2.46. The Labute approximate surface area is 154 Å². The summed E-state index contributed by atoms with van der Waals surface area (Å²) in [7, 11) is 0. The molecule has 1 aromatic carbocycles. The van der Waals surface area contributed by atoms with Gasteiger partial charge in [0.2, 0.25) is 5.91 Å². The van der Waals surface area contributed by atoms with Crippen LogP contribution in [-0.4, -0.2) is 22.8 Å². The highest BCUT2D eigenvalue weighted by molar-refractivity contribution is 5.98. The van der Waals surface area contributed by atoms with Gasteiger partial charge in [0.15, 0.2) is 0 Å². The zero-order valence-corrected chi connectivity index (χ0v) is 15.5. The van der Waals surface area contributed by atoms with Gasteiger partial charge in [-0.1, -0.05) is 19.1 Å². The molecule has 0 saturated heterocycles. The van der Waals surface area contributed by atoms with E-state index in [0.29, 0.717) is 24.3 Å². The highest BCUT2D eigenvalue weighted by Crippen LogP contribution is 2.14. The lowest BCUT2D eigenvalue weighted by Gasteiger charge is -2.13. The average Bonchev–Trinajstić information content (AvgIpc) is 2.60. The Balaban J connectivity index is 2.01. The van der Waals surface area contributed by atoms with E-state index in [9.17, 15) is 9.59 Å². The molecule has 2 aromatic rings.